The number of pyridine rings is 1. The molecule has 104 valence electrons. The molecule has 19 heavy (non-hydrogen) atoms. The quantitative estimate of drug-likeness (QED) is 0.826. The van der Waals surface area contributed by atoms with Crippen LogP contribution in [0.25, 0.3) is 0 Å². The summed E-state index contributed by atoms with van der Waals surface area (Å²) in [6.07, 6.45) is 7.98. The van der Waals surface area contributed by atoms with Gasteiger partial charge >= 0.3 is 0 Å². The van der Waals surface area contributed by atoms with E-state index in [1.54, 1.807) is 0 Å². The van der Waals surface area contributed by atoms with E-state index in [1.807, 2.05) is 12.1 Å². The summed E-state index contributed by atoms with van der Waals surface area (Å²) in [7, 11) is 0. The van der Waals surface area contributed by atoms with Gasteiger partial charge in [0, 0.05) is 6.54 Å². The molecule has 0 saturated heterocycles. The van der Waals surface area contributed by atoms with Crippen LogP contribution in [-0.2, 0) is 0 Å². The lowest BCUT2D eigenvalue weighted by Gasteiger charge is -2.13. The van der Waals surface area contributed by atoms with Gasteiger partial charge in [-0.25, -0.2) is 0 Å². The fourth-order valence-corrected chi connectivity index (χ4v) is 2.61. The fourth-order valence-electron chi connectivity index (χ4n) is 2.61. The maximum Gasteiger partial charge on any atom is 0.239 e. The molecule has 2 saturated carbocycles. The van der Waals surface area contributed by atoms with Crippen molar-refractivity contribution in [3.8, 4) is 5.88 Å². The molecule has 0 radical (unpaired) electrons. The molecule has 2 aliphatic carbocycles. The highest BCUT2D eigenvalue weighted by molar-refractivity contribution is 5.53. The van der Waals surface area contributed by atoms with Gasteiger partial charge in [-0.15, -0.1) is 0 Å². The van der Waals surface area contributed by atoms with Crippen molar-refractivity contribution in [2.24, 2.45) is 11.8 Å². The van der Waals surface area contributed by atoms with Crippen LogP contribution in [0.1, 0.15) is 38.5 Å². The largest absolute Gasteiger partial charge is 0.476 e. The first kappa shape index (κ1) is 12.6. The molecule has 4 nitrogen and oxygen atoms in total. The number of rotatable bonds is 6. The number of hydrogen-bond acceptors (Lipinski definition) is 4. The Bertz CT molecular complexity index is 425. The van der Waals surface area contributed by atoms with Gasteiger partial charge in [-0.05, 0) is 49.7 Å². The van der Waals surface area contributed by atoms with Crippen LogP contribution >= 0.6 is 0 Å². The second kappa shape index (κ2) is 5.68. The number of nitrogens with zero attached hydrogens (tertiary/aromatic N) is 1. The molecule has 0 bridgehead atoms. The Labute approximate surface area is 114 Å². The molecule has 1 aromatic heterocycles. The number of nitrogens with one attached hydrogen (secondary N) is 1. The maximum absolute atomic E-state index is 5.90. The van der Waals surface area contributed by atoms with Crippen molar-refractivity contribution in [2.75, 3.05) is 24.2 Å². The summed E-state index contributed by atoms with van der Waals surface area (Å²) in [5.74, 6) is 2.99. The average molecular weight is 261 g/mol. The molecule has 4 heteroatoms. The van der Waals surface area contributed by atoms with Gasteiger partial charge < -0.3 is 15.8 Å². The third kappa shape index (κ3) is 3.52. The number of nitrogen functional groups attached to an aromatic ring is 1. The molecule has 0 unspecified atom stereocenters. The third-order valence-electron chi connectivity index (χ3n) is 4.09. The standard InChI is InChI=1S/C15H23N3O/c16-13-7-8-14(17-9-11-3-1-2-4-11)18-15(13)19-10-12-5-6-12/h7-8,11-12H,1-6,9-10,16H2,(H,17,18). The lowest BCUT2D eigenvalue weighted by atomic mass is 10.1. The highest BCUT2D eigenvalue weighted by Gasteiger charge is 2.22. The predicted molar refractivity (Wildman–Crippen MR) is 77.3 cm³/mol. The molecular weight excluding hydrogens is 238 g/mol. The minimum atomic E-state index is 0.586. The zero-order valence-corrected chi connectivity index (χ0v) is 11.4. The Morgan fingerprint density at radius 3 is 2.68 bits per heavy atom. The zero-order chi connectivity index (χ0) is 13.1. The monoisotopic (exact) mass is 261 g/mol. The SMILES string of the molecule is Nc1ccc(NCC2CCCC2)nc1OCC1CC1. The van der Waals surface area contributed by atoms with E-state index in [1.165, 1.54) is 38.5 Å². The molecule has 1 heterocycles. The van der Waals surface area contributed by atoms with Crippen LogP contribution in [0.15, 0.2) is 12.1 Å². The van der Waals surface area contributed by atoms with Crippen molar-refractivity contribution in [2.45, 2.75) is 38.5 Å². The van der Waals surface area contributed by atoms with Crippen molar-refractivity contribution >= 4 is 11.5 Å². The Morgan fingerprint density at radius 2 is 1.95 bits per heavy atom. The van der Waals surface area contributed by atoms with E-state index < -0.39 is 0 Å². The molecule has 0 amide bonds. The normalized spacial score (nSPS) is 19.6. The smallest absolute Gasteiger partial charge is 0.239 e. The van der Waals surface area contributed by atoms with Gasteiger partial charge in [0.05, 0.1) is 12.3 Å². The second-order valence-corrected chi connectivity index (χ2v) is 5.88. The van der Waals surface area contributed by atoms with E-state index in [0.29, 0.717) is 11.6 Å². The summed E-state index contributed by atoms with van der Waals surface area (Å²) in [6, 6.07) is 3.82. The Kier molecular flexibility index (Phi) is 3.76. The first-order valence-electron chi connectivity index (χ1n) is 7.44. The van der Waals surface area contributed by atoms with E-state index in [2.05, 4.69) is 10.3 Å². The van der Waals surface area contributed by atoms with E-state index >= 15 is 0 Å². The summed E-state index contributed by atoms with van der Waals surface area (Å²) < 4.78 is 5.70. The molecular formula is C15H23N3O. The molecule has 2 aliphatic rings. The molecule has 3 N–H and O–H groups in total. The van der Waals surface area contributed by atoms with Crippen LogP contribution in [0, 0.1) is 11.8 Å². The van der Waals surface area contributed by atoms with E-state index in [9.17, 15) is 0 Å². The minimum absolute atomic E-state index is 0.586. The van der Waals surface area contributed by atoms with E-state index in [0.717, 1.165) is 30.8 Å². The summed E-state index contributed by atoms with van der Waals surface area (Å²) >= 11 is 0. The molecule has 2 fully saturated rings. The lowest BCUT2D eigenvalue weighted by Crippen LogP contribution is -2.12. The van der Waals surface area contributed by atoms with Crippen molar-refractivity contribution in [3.05, 3.63) is 12.1 Å². The van der Waals surface area contributed by atoms with Crippen molar-refractivity contribution in [1.82, 2.24) is 4.98 Å². The average Bonchev–Trinajstić information content (AvgIpc) is 3.10. The van der Waals surface area contributed by atoms with E-state index in [-0.39, 0.29) is 0 Å². The summed E-state index contributed by atoms with van der Waals surface area (Å²) in [4.78, 5) is 4.47. The highest BCUT2D eigenvalue weighted by Crippen LogP contribution is 2.31. The summed E-state index contributed by atoms with van der Waals surface area (Å²) in [6.45, 7) is 1.77. The molecule has 0 aromatic carbocycles. The van der Waals surface area contributed by atoms with Crippen molar-refractivity contribution in [3.63, 3.8) is 0 Å². The second-order valence-electron chi connectivity index (χ2n) is 5.88. The highest BCUT2D eigenvalue weighted by atomic mass is 16.5. The van der Waals surface area contributed by atoms with Gasteiger partial charge in [0.25, 0.3) is 0 Å². The van der Waals surface area contributed by atoms with Gasteiger partial charge in [0.1, 0.15) is 5.82 Å². The summed E-state index contributed by atoms with van der Waals surface area (Å²) in [5.41, 5.74) is 6.53. The van der Waals surface area contributed by atoms with Gasteiger partial charge in [0.15, 0.2) is 0 Å². The van der Waals surface area contributed by atoms with Crippen LogP contribution in [-0.4, -0.2) is 18.1 Å². The number of anilines is 2. The first-order valence-corrected chi connectivity index (χ1v) is 7.44. The Morgan fingerprint density at radius 1 is 1.16 bits per heavy atom. The number of ether oxygens (including phenoxy) is 1. The molecule has 0 aliphatic heterocycles. The number of hydrogen-bond donors (Lipinski definition) is 2. The molecule has 1 aromatic rings. The first-order chi connectivity index (χ1) is 9.31. The van der Waals surface area contributed by atoms with E-state index in [4.69, 9.17) is 10.5 Å². The molecule has 0 atom stereocenters. The van der Waals surface area contributed by atoms with Gasteiger partial charge in [-0.3, -0.25) is 0 Å². The number of nitrogens with two attached hydrogens (primary N) is 1. The van der Waals surface area contributed by atoms with Crippen LogP contribution in [0.3, 0.4) is 0 Å². The van der Waals surface area contributed by atoms with Crippen LogP contribution < -0.4 is 15.8 Å². The number of aromatic nitrogens is 1. The Balaban J connectivity index is 1.55. The zero-order valence-electron chi connectivity index (χ0n) is 11.4. The third-order valence-corrected chi connectivity index (χ3v) is 4.09. The van der Waals surface area contributed by atoms with Crippen LogP contribution in [0.2, 0.25) is 0 Å². The predicted octanol–water partition coefficient (Wildman–Crippen LogP) is 3.05. The fraction of sp³-hybridized carbons (Fsp3) is 0.667. The van der Waals surface area contributed by atoms with Gasteiger partial charge in [-0.2, -0.15) is 4.98 Å². The lowest BCUT2D eigenvalue weighted by molar-refractivity contribution is 0.290. The van der Waals surface area contributed by atoms with Crippen molar-refractivity contribution in [1.29, 1.82) is 0 Å². The topological polar surface area (TPSA) is 60.2 Å². The maximum atomic E-state index is 5.90. The van der Waals surface area contributed by atoms with Crippen LogP contribution in [0.5, 0.6) is 5.88 Å². The summed E-state index contributed by atoms with van der Waals surface area (Å²) in [5, 5.41) is 3.41. The van der Waals surface area contributed by atoms with Crippen LogP contribution in [0.4, 0.5) is 11.5 Å². The van der Waals surface area contributed by atoms with Gasteiger partial charge in [0.2, 0.25) is 5.88 Å². The minimum Gasteiger partial charge on any atom is -0.476 e. The van der Waals surface area contributed by atoms with Crippen molar-refractivity contribution < 1.29 is 4.74 Å². The molecule has 3 rings (SSSR count). The molecule has 0 spiro atoms. The van der Waals surface area contributed by atoms with Gasteiger partial charge in [-0.1, -0.05) is 12.8 Å². The Hall–Kier alpha value is -1.45.